The number of nitrogens with zero attached hydrogens (tertiary/aromatic N) is 3. The summed E-state index contributed by atoms with van der Waals surface area (Å²) in [7, 11) is 0. The van der Waals surface area contributed by atoms with E-state index in [1.807, 2.05) is 0 Å². The van der Waals surface area contributed by atoms with Gasteiger partial charge in [0.1, 0.15) is 23.2 Å². The number of carboxylic acids is 2. The van der Waals surface area contributed by atoms with Crippen molar-refractivity contribution in [2.24, 2.45) is 0 Å². The number of alkyl halides is 3. The van der Waals surface area contributed by atoms with Crippen LogP contribution < -0.4 is 9.64 Å². The zero-order valence-electron chi connectivity index (χ0n) is 18.2. The second-order valence-corrected chi connectivity index (χ2v) is 7.94. The quantitative estimate of drug-likeness (QED) is 0.519. The molecule has 8 nitrogen and oxygen atoms in total. The number of hydrogen-bond acceptors (Lipinski definition) is 6. The summed E-state index contributed by atoms with van der Waals surface area (Å²) < 4.78 is 45.3. The average Bonchev–Trinajstić information content (AvgIpc) is 2.84. The second kappa shape index (κ2) is 9.61. The largest absolute Gasteiger partial charge is 0.490 e. The number of aromatic carboxylic acids is 2. The Morgan fingerprint density at radius 3 is 2.29 bits per heavy atom. The fourth-order valence-corrected chi connectivity index (χ4v) is 3.87. The Morgan fingerprint density at radius 2 is 1.69 bits per heavy atom. The van der Waals surface area contributed by atoms with E-state index in [1.165, 1.54) is 48.8 Å². The van der Waals surface area contributed by atoms with Gasteiger partial charge >= 0.3 is 18.1 Å². The molecule has 0 bridgehead atoms. The third kappa shape index (κ3) is 5.34. The third-order valence-corrected chi connectivity index (χ3v) is 5.63. The summed E-state index contributed by atoms with van der Waals surface area (Å²) >= 11 is 0. The number of ether oxygens (including phenoxy) is 1. The molecule has 3 heterocycles. The number of para-hydroxylation sites is 1. The van der Waals surface area contributed by atoms with Crippen molar-refractivity contribution in [3.8, 4) is 17.0 Å². The Morgan fingerprint density at radius 1 is 0.971 bits per heavy atom. The average molecular weight is 487 g/mol. The lowest BCUT2D eigenvalue weighted by Gasteiger charge is -2.34. The summed E-state index contributed by atoms with van der Waals surface area (Å²) in [5, 5.41) is 18.7. The Hall–Kier alpha value is -4.15. The van der Waals surface area contributed by atoms with E-state index in [1.54, 1.807) is 4.90 Å². The fourth-order valence-electron chi connectivity index (χ4n) is 3.87. The fraction of sp³-hybridized carbons (Fsp3) is 0.250. The lowest BCUT2D eigenvalue weighted by Crippen LogP contribution is -2.39. The molecule has 1 aromatic carbocycles. The summed E-state index contributed by atoms with van der Waals surface area (Å²) in [6.07, 6.45) is -1.60. The molecule has 4 rings (SSSR count). The summed E-state index contributed by atoms with van der Waals surface area (Å²) in [5.74, 6) is -2.32. The van der Waals surface area contributed by atoms with Crippen molar-refractivity contribution in [2.45, 2.75) is 25.1 Å². The van der Waals surface area contributed by atoms with Crippen LogP contribution in [0.15, 0.2) is 54.9 Å². The Kier molecular flexibility index (Phi) is 6.59. The van der Waals surface area contributed by atoms with Gasteiger partial charge in [0.15, 0.2) is 0 Å². The van der Waals surface area contributed by atoms with E-state index in [-0.39, 0.29) is 22.7 Å². The van der Waals surface area contributed by atoms with Crippen molar-refractivity contribution >= 4 is 17.8 Å². The lowest BCUT2D eigenvalue weighted by molar-refractivity contribution is -0.139. The molecule has 35 heavy (non-hydrogen) atoms. The van der Waals surface area contributed by atoms with Crippen molar-refractivity contribution in [1.82, 2.24) is 9.97 Å². The molecule has 0 atom stereocenters. The molecule has 1 fully saturated rings. The van der Waals surface area contributed by atoms with Gasteiger partial charge in [0, 0.05) is 43.9 Å². The smallest absolute Gasteiger partial charge is 0.419 e. The minimum absolute atomic E-state index is 0.000246. The third-order valence-electron chi connectivity index (χ3n) is 5.63. The van der Waals surface area contributed by atoms with Gasteiger partial charge in [0.2, 0.25) is 0 Å². The number of halogens is 3. The first kappa shape index (κ1) is 24.0. The lowest BCUT2D eigenvalue weighted by atomic mass is 10.0. The second-order valence-electron chi connectivity index (χ2n) is 7.94. The van der Waals surface area contributed by atoms with Crippen molar-refractivity contribution < 1.29 is 37.7 Å². The topological polar surface area (TPSA) is 113 Å². The SMILES string of the molecule is O=C(O)c1ccc(-c2cnc(N3CCC(Oc4ccccc4C(F)(F)F)CC3)c(C(=O)O)c2)nc1. The molecule has 2 aromatic heterocycles. The number of anilines is 1. The maximum absolute atomic E-state index is 13.2. The van der Waals surface area contributed by atoms with Crippen LogP contribution in [0.4, 0.5) is 19.0 Å². The van der Waals surface area contributed by atoms with Crippen LogP contribution in [0.5, 0.6) is 5.75 Å². The molecule has 1 aliphatic rings. The molecule has 0 spiro atoms. The molecule has 0 saturated carbocycles. The van der Waals surface area contributed by atoms with Gasteiger partial charge in [-0.05, 0) is 30.3 Å². The van der Waals surface area contributed by atoms with Gasteiger partial charge in [-0.25, -0.2) is 14.6 Å². The number of carbonyl (C=O) groups is 2. The molecule has 1 saturated heterocycles. The highest BCUT2D eigenvalue weighted by Gasteiger charge is 2.35. The number of rotatable bonds is 6. The van der Waals surface area contributed by atoms with E-state index in [0.29, 0.717) is 37.2 Å². The molecule has 1 aliphatic heterocycles. The number of pyridine rings is 2. The van der Waals surface area contributed by atoms with Crippen molar-refractivity contribution in [3.63, 3.8) is 0 Å². The first-order valence-electron chi connectivity index (χ1n) is 10.6. The molecule has 0 amide bonds. The molecular weight excluding hydrogens is 467 g/mol. The number of aromatic nitrogens is 2. The number of carboxylic acid groups (broad SMARTS) is 2. The highest BCUT2D eigenvalue weighted by atomic mass is 19.4. The van der Waals surface area contributed by atoms with Gasteiger partial charge in [-0.1, -0.05) is 12.1 Å². The maximum atomic E-state index is 13.2. The van der Waals surface area contributed by atoms with Gasteiger partial charge in [-0.2, -0.15) is 13.2 Å². The van der Waals surface area contributed by atoms with Crippen LogP contribution in [0.2, 0.25) is 0 Å². The van der Waals surface area contributed by atoms with E-state index in [2.05, 4.69) is 9.97 Å². The zero-order chi connectivity index (χ0) is 25.2. The van der Waals surface area contributed by atoms with Crippen LogP contribution in [-0.4, -0.2) is 51.3 Å². The normalized spacial score (nSPS) is 14.5. The minimum Gasteiger partial charge on any atom is -0.490 e. The molecule has 0 unspecified atom stereocenters. The van der Waals surface area contributed by atoms with Crippen LogP contribution in [0.1, 0.15) is 39.1 Å². The van der Waals surface area contributed by atoms with Gasteiger partial charge in [0.25, 0.3) is 0 Å². The standard InChI is InChI=1S/C24H20F3N3O5/c25-24(26,27)18-3-1-2-4-20(18)35-16-7-9-30(10-8-16)21-17(23(33)34)11-15(13-29-21)19-6-5-14(12-28-19)22(31)32/h1-6,11-13,16H,7-10H2,(H,31,32)(H,33,34). The highest BCUT2D eigenvalue weighted by molar-refractivity contribution is 5.95. The Bertz CT molecular complexity index is 1240. The van der Waals surface area contributed by atoms with Gasteiger partial charge in [-0.3, -0.25) is 4.98 Å². The molecule has 182 valence electrons. The van der Waals surface area contributed by atoms with Crippen LogP contribution in [0.25, 0.3) is 11.3 Å². The van der Waals surface area contributed by atoms with E-state index in [9.17, 15) is 27.9 Å². The van der Waals surface area contributed by atoms with Gasteiger partial charge in [-0.15, -0.1) is 0 Å². The van der Waals surface area contributed by atoms with Crippen LogP contribution in [0.3, 0.4) is 0 Å². The monoisotopic (exact) mass is 487 g/mol. The number of benzene rings is 1. The molecule has 2 N–H and O–H groups in total. The summed E-state index contributed by atoms with van der Waals surface area (Å²) in [6.45, 7) is 0.689. The molecule has 0 aliphatic carbocycles. The van der Waals surface area contributed by atoms with Gasteiger partial charge < -0.3 is 19.8 Å². The summed E-state index contributed by atoms with van der Waals surface area (Å²) in [4.78, 5) is 33.1. The number of piperidine rings is 1. The van der Waals surface area contributed by atoms with E-state index < -0.39 is 29.8 Å². The van der Waals surface area contributed by atoms with E-state index in [0.717, 1.165) is 6.07 Å². The predicted molar refractivity (Wildman–Crippen MR) is 119 cm³/mol. The number of hydrogen-bond donors (Lipinski definition) is 2. The van der Waals surface area contributed by atoms with E-state index in [4.69, 9.17) is 9.84 Å². The molecule has 11 heteroatoms. The van der Waals surface area contributed by atoms with E-state index >= 15 is 0 Å². The van der Waals surface area contributed by atoms with Crippen molar-refractivity contribution in [3.05, 3.63) is 71.5 Å². The van der Waals surface area contributed by atoms with Gasteiger partial charge in [0.05, 0.1) is 16.8 Å². The predicted octanol–water partition coefficient (Wildman–Crippen LogP) is 4.61. The maximum Gasteiger partial charge on any atom is 0.419 e. The van der Waals surface area contributed by atoms with Crippen molar-refractivity contribution in [2.75, 3.05) is 18.0 Å². The summed E-state index contributed by atoms with van der Waals surface area (Å²) in [6, 6.07) is 9.28. The zero-order valence-corrected chi connectivity index (χ0v) is 18.2. The van der Waals surface area contributed by atoms with Crippen LogP contribution in [-0.2, 0) is 6.18 Å². The summed E-state index contributed by atoms with van der Waals surface area (Å²) in [5.41, 5.74) is -0.122. The van der Waals surface area contributed by atoms with Crippen LogP contribution >= 0.6 is 0 Å². The molecule has 3 aromatic rings. The Labute approximate surface area is 197 Å². The van der Waals surface area contributed by atoms with Crippen molar-refractivity contribution in [1.29, 1.82) is 0 Å². The Balaban J connectivity index is 1.49. The minimum atomic E-state index is -4.53. The highest BCUT2D eigenvalue weighted by Crippen LogP contribution is 2.37. The first-order chi connectivity index (χ1) is 16.6. The van der Waals surface area contributed by atoms with Crippen LogP contribution in [0, 0.1) is 0 Å². The first-order valence-corrected chi connectivity index (χ1v) is 10.6. The molecular formula is C24H20F3N3O5. The molecule has 0 radical (unpaired) electrons.